The smallest absolute Gasteiger partial charge is 0.126 e. The molecule has 1 aromatic carbocycles. The third kappa shape index (κ3) is 3.56. The van der Waals surface area contributed by atoms with E-state index in [1.807, 2.05) is 6.92 Å². The molecule has 3 heteroatoms. The van der Waals surface area contributed by atoms with E-state index in [4.69, 9.17) is 5.73 Å². The Bertz CT molecular complexity index is 339. The zero-order valence-corrected chi connectivity index (χ0v) is 10.1. The maximum absolute atomic E-state index is 13.1. The topological polar surface area (TPSA) is 26.0 Å². The molecule has 0 fully saturated rings. The van der Waals surface area contributed by atoms with Crippen LogP contribution in [0.15, 0.2) is 18.2 Å². The first-order valence-corrected chi connectivity index (χ1v) is 5.57. The van der Waals surface area contributed by atoms with Crippen LogP contribution in [0.25, 0.3) is 0 Å². The van der Waals surface area contributed by atoms with Crippen molar-refractivity contribution in [3.05, 3.63) is 35.4 Å². The quantitative estimate of drug-likeness (QED) is 0.836. The second-order valence-corrected chi connectivity index (χ2v) is 5.01. The zero-order valence-electron chi connectivity index (χ0n) is 10.1. The predicted octanol–water partition coefficient (Wildman–Crippen LogP) is 3.57. The van der Waals surface area contributed by atoms with Gasteiger partial charge in [0.2, 0.25) is 0 Å². The van der Waals surface area contributed by atoms with Gasteiger partial charge in [0.15, 0.2) is 0 Å². The summed E-state index contributed by atoms with van der Waals surface area (Å²) in [5, 5.41) is 0. The highest BCUT2D eigenvalue weighted by molar-refractivity contribution is 5.24. The molecule has 0 aromatic heterocycles. The van der Waals surface area contributed by atoms with Gasteiger partial charge in [-0.1, -0.05) is 13.8 Å². The lowest BCUT2D eigenvalue weighted by Crippen LogP contribution is -2.33. The Hall–Kier alpha value is -0.960. The average molecular weight is 227 g/mol. The van der Waals surface area contributed by atoms with E-state index in [0.29, 0.717) is 17.9 Å². The van der Waals surface area contributed by atoms with Crippen molar-refractivity contribution in [1.82, 2.24) is 0 Å². The van der Waals surface area contributed by atoms with Crippen molar-refractivity contribution in [2.75, 3.05) is 0 Å². The fourth-order valence-electron chi connectivity index (χ4n) is 1.62. The molecule has 0 aliphatic heterocycles. The van der Waals surface area contributed by atoms with E-state index >= 15 is 0 Å². The van der Waals surface area contributed by atoms with Gasteiger partial charge in [0, 0.05) is 11.6 Å². The average Bonchev–Trinajstić information content (AvgIpc) is 2.13. The van der Waals surface area contributed by atoms with Gasteiger partial charge in [-0.05, 0) is 43.4 Å². The minimum absolute atomic E-state index is 0.519. The second-order valence-electron chi connectivity index (χ2n) is 5.01. The van der Waals surface area contributed by atoms with Crippen LogP contribution in [0.3, 0.4) is 0 Å². The molecule has 0 aliphatic rings. The summed E-state index contributed by atoms with van der Waals surface area (Å²) in [6, 6.07) is 3.48. The van der Waals surface area contributed by atoms with Crippen molar-refractivity contribution in [1.29, 1.82) is 0 Å². The Balaban J connectivity index is 2.88. The number of hydrogen-bond acceptors (Lipinski definition) is 1. The standard InChI is InChI=1S/C13H19F2N/c1-9(2)4-5-13(3,16)10-6-11(14)8-12(15)7-10/h6-9H,4-5,16H2,1-3H3. The molecular weight excluding hydrogens is 208 g/mol. The van der Waals surface area contributed by atoms with Gasteiger partial charge in [0.05, 0.1) is 0 Å². The van der Waals surface area contributed by atoms with E-state index < -0.39 is 17.2 Å². The number of hydrogen-bond donors (Lipinski definition) is 1. The molecule has 2 N–H and O–H groups in total. The van der Waals surface area contributed by atoms with Crippen LogP contribution in [0, 0.1) is 17.6 Å². The van der Waals surface area contributed by atoms with E-state index in [2.05, 4.69) is 13.8 Å². The third-order valence-electron chi connectivity index (χ3n) is 2.76. The Morgan fingerprint density at radius 3 is 2.12 bits per heavy atom. The maximum Gasteiger partial charge on any atom is 0.126 e. The number of halogens is 2. The molecule has 1 aromatic rings. The fourth-order valence-corrected chi connectivity index (χ4v) is 1.62. The molecule has 0 radical (unpaired) electrons. The molecule has 1 nitrogen and oxygen atoms in total. The summed E-state index contributed by atoms with van der Waals surface area (Å²) in [6.45, 7) is 6.01. The summed E-state index contributed by atoms with van der Waals surface area (Å²) >= 11 is 0. The predicted molar refractivity (Wildman–Crippen MR) is 62.0 cm³/mol. The van der Waals surface area contributed by atoms with Gasteiger partial charge in [0.25, 0.3) is 0 Å². The lowest BCUT2D eigenvalue weighted by Gasteiger charge is -2.26. The molecule has 0 saturated heterocycles. The molecule has 0 aliphatic carbocycles. The van der Waals surface area contributed by atoms with E-state index in [0.717, 1.165) is 12.5 Å². The number of benzene rings is 1. The lowest BCUT2D eigenvalue weighted by molar-refractivity contribution is 0.392. The van der Waals surface area contributed by atoms with Crippen LogP contribution in [0.5, 0.6) is 0 Å². The van der Waals surface area contributed by atoms with Crippen LogP contribution in [-0.4, -0.2) is 0 Å². The summed E-state index contributed by atoms with van der Waals surface area (Å²) in [7, 11) is 0. The fraction of sp³-hybridized carbons (Fsp3) is 0.538. The first-order chi connectivity index (χ1) is 7.31. The number of rotatable bonds is 4. The van der Waals surface area contributed by atoms with Crippen molar-refractivity contribution in [3.8, 4) is 0 Å². The monoisotopic (exact) mass is 227 g/mol. The molecule has 16 heavy (non-hydrogen) atoms. The van der Waals surface area contributed by atoms with Gasteiger partial charge in [-0.3, -0.25) is 0 Å². The van der Waals surface area contributed by atoms with Gasteiger partial charge >= 0.3 is 0 Å². The van der Waals surface area contributed by atoms with E-state index in [-0.39, 0.29) is 0 Å². The first-order valence-electron chi connectivity index (χ1n) is 5.57. The summed E-state index contributed by atoms with van der Waals surface area (Å²) in [5.41, 5.74) is 5.94. The van der Waals surface area contributed by atoms with Crippen LogP contribution in [-0.2, 0) is 5.54 Å². The van der Waals surface area contributed by atoms with Crippen molar-refractivity contribution in [2.45, 2.75) is 39.2 Å². The molecule has 1 unspecified atom stereocenters. The molecule has 0 amide bonds. The molecule has 1 atom stereocenters. The normalized spacial score (nSPS) is 15.2. The summed E-state index contributed by atoms with van der Waals surface area (Å²) < 4.78 is 26.1. The number of nitrogens with two attached hydrogens (primary N) is 1. The van der Waals surface area contributed by atoms with Crippen LogP contribution in [0.2, 0.25) is 0 Å². The van der Waals surface area contributed by atoms with Crippen LogP contribution in [0.4, 0.5) is 8.78 Å². The van der Waals surface area contributed by atoms with Crippen molar-refractivity contribution in [2.24, 2.45) is 11.7 Å². The molecular formula is C13H19F2N. The Morgan fingerprint density at radius 2 is 1.69 bits per heavy atom. The largest absolute Gasteiger partial charge is 0.322 e. The SMILES string of the molecule is CC(C)CCC(C)(N)c1cc(F)cc(F)c1. The van der Waals surface area contributed by atoms with Crippen molar-refractivity contribution in [3.63, 3.8) is 0 Å². The summed E-state index contributed by atoms with van der Waals surface area (Å²) in [6.07, 6.45) is 1.65. The minimum Gasteiger partial charge on any atom is -0.322 e. The van der Waals surface area contributed by atoms with Gasteiger partial charge in [-0.15, -0.1) is 0 Å². The van der Waals surface area contributed by atoms with E-state index in [9.17, 15) is 8.78 Å². The zero-order chi connectivity index (χ0) is 12.3. The van der Waals surface area contributed by atoms with Crippen molar-refractivity contribution >= 4 is 0 Å². The Morgan fingerprint density at radius 1 is 1.19 bits per heavy atom. The minimum atomic E-state index is -0.673. The van der Waals surface area contributed by atoms with Crippen LogP contribution < -0.4 is 5.73 Å². The van der Waals surface area contributed by atoms with E-state index in [1.54, 1.807) is 0 Å². The molecule has 0 saturated carbocycles. The van der Waals surface area contributed by atoms with Gasteiger partial charge in [-0.2, -0.15) is 0 Å². The highest BCUT2D eigenvalue weighted by Gasteiger charge is 2.22. The lowest BCUT2D eigenvalue weighted by atomic mass is 9.86. The maximum atomic E-state index is 13.1. The third-order valence-corrected chi connectivity index (χ3v) is 2.76. The van der Waals surface area contributed by atoms with E-state index in [1.165, 1.54) is 12.1 Å². The first kappa shape index (κ1) is 13.1. The summed E-state index contributed by atoms with van der Waals surface area (Å²) in [5.74, 6) is -0.617. The molecule has 1 rings (SSSR count). The molecule has 0 heterocycles. The van der Waals surface area contributed by atoms with Crippen LogP contribution >= 0.6 is 0 Å². The highest BCUT2D eigenvalue weighted by atomic mass is 19.1. The Labute approximate surface area is 95.7 Å². The van der Waals surface area contributed by atoms with Gasteiger partial charge < -0.3 is 5.73 Å². The molecule has 0 bridgehead atoms. The Kier molecular flexibility index (Phi) is 4.03. The molecule has 0 spiro atoms. The molecule has 90 valence electrons. The van der Waals surface area contributed by atoms with Crippen molar-refractivity contribution < 1.29 is 8.78 Å². The van der Waals surface area contributed by atoms with Gasteiger partial charge in [-0.25, -0.2) is 8.78 Å². The van der Waals surface area contributed by atoms with Gasteiger partial charge in [0.1, 0.15) is 11.6 Å². The highest BCUT2D eigenvalue weighted by Crippen LogP contribution is 2.26. The second kappa shape index (κ2) is 4.91. The summed E-state index contributed by atoms with van der Waals surface area (Å²) in [4.78, 5) is 0. The van der Waals surface area contributed by atoms with Crippen LogP contribution in [0.1, 0.15) is 39.2 Å².